The fourth-order valence-electron chi connectivity index (χ4n) is 3.95. The lowest BCUT2D eigenvalue weighted by Crippen LogP contribution is -2.43. The van der Waals surface area contributed by atoms with Gasteiger partial charge < -0.3 is 5.73 Å². The Morgan fingerprint density at radius 2 is 1.71 bits per heavy atom. The maximum atomic E-state index is 6.49. The van der Waals surface area contributed by atoms with Crippen LogP contribution in [0.5, 0.6) is 0 Å². The average Bonchev–Trinajstić information content (AvgIpc) is 3.06. The second kappa shape index (κ2) is 6.73. The molecule has 0 saturated heterocycles. The van der Waals surface area contributed by atoms with Crippen molar-refractivity contribution in [3.05, 3.63) is 81.9 Å². The predicted octanol–water partition coefficient (Wildman–Crippen LogP) is 6.42. The fraction of sp³-hybridized carbons (Fsp3) is 0.174. The normalized spacial score (nSPS) is 15.5. The molecule has 2 N–H and O–H groups in total. The quantitative estimate of drug-likeness (QED) is 0.389. The first-order valence-electron chi connectivity index (χ1n) is 9.37. The lowest BCUT2D eigenvalue weighted by Gasteiger charge is -2.38. The number of nitrogens with zero attached hydrogens (tertiary/aromatic N) is 2. The molecule has 0 unspecified atom stereocenters. The molecule has 2 aromatic heterocycles. The van der Waals surface area contributed by atoms with Crippen LogP contribution in [0, 0.1) is 0 Å². The SMILES string of the molecule is NC1(c2ccc(-c3nc4c(Br)cc(Cl)cn4c3-c3ccccc3)cc2)CCC1. The molecule has 1 fully saturated rings. The highest BCUT2D eigenvalue weighted by molar-refractivity contribution is 9.10. The van der Waals surface area contributed by atoms with Crippen LogP contribution in [0.4, 0.5) is 0 Å². The molecule has 140 valence electrons. The van der Waals surface area contributed by atoms with Crippen LogP contribution in [0.25, 0.3) is 28.2 Å². The molecule has 2 aromatic carbocycles. The molecule has 0 amide bonds. The third kappa shape index (κ3) is 2.87. The van der Waals surface area contributed by atoms with E-state index in [0.717, 1.165) is 45.5 Å². The largest absolute Gasteiger partial charge is 0.321 e. The van der Waals surface area contributed by atoms with E-state index >= 15 is 0 Å². The molecule has 1 saturated carbocycles. The number of hydrogen-bond acceptors (Lipinski definition) is 2. The highest BCUT2D eigenvalue weighted by atomic mass is 79.9. The summed E-state index contributed by atoms with van der Waals surface area (Å²) in [6, 6.07) is 20.7. The lowest BCUT2D eigenvalue weighted by molar-refractivity contribution is 0.253. The molecule has 0 radical (unpaired) electrons. The predicted molar refractivity (Wildman–Crippen MR) is 118 cm³/mol. The molecule has 5 heteroatoms. The zero-order valence-corrected chi connectivity index (χ0v) is 17.5. The van der Waals surface area contributed by atoms with Gasteiger partial charge >= 0.3 is 0 Å². The average molecular weight is 453 g/mol. The van der Waals surface area contributed by atoms with Gasteiger partial charge in [0.2, 0.25) is 0 Å². The van der Waals surface area contributed by atoms with Gasteiger partial charge in [-0.3, -0.25) is 4.40 Å². The maximum absolute atomic E-state index is 6.49. The van der Waals surface area contributed by atoms with Crippen molar-refractivity contribution in [2.75, 3.05) is 0 Å². The maximum Gasteiger partial charge on any atom is 0.152 e. The van der Waals surface area contributed by atoms with Crippen molar-refractivity contribution < 1.29 is 0 Å². The van der Waals surface area contributed by atoms with E-state index in [4.69, 9.17) is 22.3 Å². The van der Waals surface area contributed by atoms with E-state index in [9.17, 15) is 0 Å². The van der Waals surface area contributed by atoms with Crippen molar-refractivity contribution in [2.24, 2.45) is 5.73 Å². The van der Waals surface area contributed by atoms with Gasteiger partial charge in [0.15, 0.2) is 5.65 Å². The van der Waals surface area contributed by atoms with E-state index in [1.807, 2.05) is 30.5 Å². The summed E-state index contributed by atoms with van der Waals surface area (Å²) in [5.74, 6) is 0. The first-order chi connectivity index (χ1) is 13.5. The third-order valence-corrected chi connectivity index (χ3v) is 6.46. The van der Waals surface area contributed by atoms with Crippen molar-refractivity contribution in [1.29, 1.82) is 0 Å². The van der Waals surface area contributed by atoms with E-state index < -0.39 is 0 Å². The number of halogens is 2. The summed E-state index contributed by atoms with van der Waals surface area (Å²) in [4.78, 5) is 4.95. The number of rotatable bonds is 3. The molecule has 1 aliphatic carbocycles. The smallest absolute Gasteiger partial charge is 0.152 e. The third-order valence-electron chi connectivity index (χ3n) is 5.67. The minimum absolute atomic E-state index is 0.156. The van der Waals surface area contributed by atoms with Crippen molar-refractivity contribution in [3.63, 3.8) is 0 Å². The number of imidazole rings is 1. The van der Waals surface area contributed by atoms with Crippen LogP contribution in [0.3, 0.4) is 0 Å². The number of hydrogen-bond donors (Lipinski definition) is 1. The summed E-state index contributed by atoms with van der Waals surface area (Å²) in [6.45, 7) is 0. The van der Waals surface area contributed by atoms with E-state index in [-0.39, 0.29) is 5.54 Å². The first kappa shape index (κ1) is 17.9. The van der Waals surface area contributed by atoms with E-state index in [1.165, 1.54) is 12.0 Å². The van der Waals surface area contributed by atoms with Gasteiger partial charge in [-0.2, -0.15) is 0 Å². The van der Waals surface area contributed by atoms with Crippen LogP contribution in [0.1, 0.15) is 24.8 Å². The first-order valence-corrected chi connectivity index (χ1v) is 10.5. The molecule has 28 heavy (non-hydrogen) atoms. The Hall–Kier alpha value is -2.14. The second-order valence-electron chi connectivity index (χ2n) is 7.46. The minimum Gasteiger partial charge on any atom is -0.321 e. The van der Waals surface area contributed by atoms with Crippen molar-refractivity contribution >= 4 is 33.2 Å². The standard InChI is InChI=1S/C23H19BrClN3/c24-19-13-18(25)14-28-21(16-5-2-1-3-6-16)20(27-22(19)28)15-7-9-17(10-8-15)23(26)11-4-12-23/h1-3,5-10,13-14H,4,11-12,26H2. The molecule has 1 aliphatic rings. The van der Waals surface area contributed by atoms with Crippen LogP contribution in [0.15, 0.2) is 71.3 Å². The van der Waals surface area contributed by atoms with Gasteiger partial charge in [-0.05, 0) is 46.8 Å². The molecule has 2 heterocycles. The Labute approximate surface area is 177 Å². The molecule has 0 spiro atoms. The van der Waals surface area contributed by atoms with E-state index in [0.29, 0.717) is 5.02 Å². The molecule has 0 bridgehead atoms. The van der Waals surface area contributed by atoms with Gasteiger partial charge in [-0.25, -0.2) is 4.98 Å². The minimum atomic E-state index is -0.156. The van der Waals surface area contributed by atoms with Gasteiger partial charge in [-0.15, -0.1) is 0 Å². The topological polar surface area (TPSA) is 43.3 Å². The van der Waals surface area contributed by atoms with Crippen molar-refractivity contribution in [2.45, 2.75) is 24.8 Å². The molecule has 0 aliphatic heterocycles. The zero-order chi connectivity index (χ0) is 19.3. The molecule has 3 nitrogen and oxygen atoms in total. The molecular weight excluding hydrogens is 434 g/mol. The Bertz CT molecular complexity index is 1160. The summed E-state index contributed by atoms with van der Waals surface area (Å²) in [5, 5.41) is 0.658. The number of benzene rings is 2. The van der Waals surface area contributed by atoms with Crippen LogP contribution in [0.2, 0.25) is 5.02 Å². The van der Waals surface area contributed by atoms with Crippen molar-refractivity contribution in [1.82, 2.24) is 9.38 Å². The summed E-state index contributed by atoms with van der Waals surface area (Å²) in [6.07, 6.45) is 5.23. The summed E-state index contributed by atoms with van der Waals surface area (Å²) in [5.41, 5.74) is 12.5. The Kier molecular flexibility index (Phi) is 4.31. The lowest BCUT2D eigenvalue weighted by atomic mass is 9.72. The van der Waals surface area contributed by atoms with E-state index in [1.54, 1.807) is 0 Å². The van der Waals surface area contributed by atoms with Gasteiger partial charge in [0.05, 0.1) is 20.9 Å². The number of nitrogens with two attached hydrogens (primary N) is 1. The second-order valence-corrected chi connectivity index (χ2v) is 8.75. The Morgan fingerprint density at radius 3 is 2.36 bits per heavy atom. The number of aromatic nitrogens is 2. The summed E-state index contributed by atoms with van der Waals surface area (Å²) in [7, 11) is 0. The summed E-state index contributed by atoms with van der Waals surface area (Å²) < 4.78 is 2.93. The van der Waals surface area contributed by atoms with E-state index in [2.05, 4.69) is 56.7 Å². The molecule has 0 atom stereocenters. The molecule has 4 aromatic rings. The Balaban J connectivity index is 1.72. The van der Waals surface area contributed by atoms with Crippen LogP contribution >= 0.6 is 27.5 Å². The number of pyridine rings is 1. The van der Waals surface area contributed by atoms with Crippen LogP contribution in [-0.4, -0.2) is 9.38 Å². The van der Waals surface area contributed by atoms with Crippen molar-refractivity contribution in [3.8, 4) is 22.5 Å². The van der Waals surface area contributed by atoms with Gasteiger partial charge in [-0.1, -0.05) is 66.2 Å². The Morgan fingerprint density at radius 1 is 1.00 bits per heavy atom. The van der Waals surface area contributed by atoms with Crippen LogP contribution in [-0.2, 0) is 5.54 Å². The van der Waals surface area contributed by atoms with Gasteiger partial charge in [0, 0.05) is 22.9 Å². The number of fused-ring (bicyclic) bond motifs is 1. The van der Waals surface area contributed by atoms with Crippen LogP contribution < -0.4 is 5.73 Å². The van der Waals surface area contributed by atoms with Gasteiger partial charge in [0.25, 0.3) is 0 Å². The van der Waals surface area contributed by atoms with Gasteiger partial charge in [0.1, 0.15) is 0 Å². The summed E-state index contributed by atoms with van der Waals surface area (Å²) >= 11 is 9.95. The zero-order valence-electron chi connectivity index (χ0n) is 15.2. The monoisotopic (exact) mass is 451 g/mol. The highest BCUT2D eigenvalue weighted by Crippen LogP contribution is 2.40. The molecular formula is C23H19BrClN3. The highest BCUT2D eigenvalue weighted by Gasteiger charge is 2.34. The fourth-order valence-corrected chi connectivity index (χ4v) is 4.82. The molecule has 5 rings (SSSR count).